The van der Waals surface area contributed by atoms with Gasteiger partial charge in [0, 0.05) is 25.7 Å². The van der Waals surface area contributed by atoms with Crippen molar-refractivity contribution in [2.24, 2.45) is 0 Å². The van der Waals surface area contributed by atoms with Crippen LogP contribution in [0.15, 0.2) is 0 Å². The molecule has 0 aromatic heterocycles. The predicted octanol–water partition coefficient (Wildman–Crippen LogP) is 0.259. The van der Waals surface area contributed by atoms with Crippen molar-refractivity contribution in [3.63, 3.8) is 0 Å². The smallest absolute Gasteiger partial charge is 0.0794 e. The number of hydrogen-bond donors (Lipinski definition) is 2. The first-order valence-electron chi connectivity index (χ1n) is 4.49. The molecule has 2 aliphatic rings. The van der Waals surface area contributed by atoms with Gasteiger partial charge in [0.25, 0.3) is 0 Å². The minimum atomic E-state index is -0.0445. The molecule has 2 rings (SSSR count). The number of rotatable bonds is 1. The van der Waals surface area contributed by atoms with Gasteiger partial charge in [-0.1, -0.05) is 0 Å². The molecule has 2 saturated heterocycles. The molecular formula is C8H18Cl2N2O. The van der Waals surface area contributed by atoms with Crippen molar-refractivity contribution in [2.45, 2.75) is 25.0 Å². The van der Waals surface area contributed by atoms with Crippen LogP contribution in [0.5, 0.6) is 0 Å². The lowest BCUT2D eigenvalue weighted by Crippen LogP contribution is -2.58. The summed E-state index contributed by atoms with van der Waals surface area (Å²) in [7, 11) is 0. The highest BCUT2D eigenvalue weighted by atomic mass is 35.5. The Morgan fingerprint density at radius 2 is 1.92 bits per heavy atom. The Hall–Kier alpha value is 0.460. The molecule has 0 amide bonds. The van der Waals surface area contributed by atoms with Gasteiger partial charge in [-0.05, 0) is 19.4 Å². The van der Waals surface area contributed by atoms with Crippen LogP contribution in [0.2, 0.25) is 0 Å². The molecule has 13 heavy (non-hydrogen) atoms. The average Bonchev–Trinajstić information content (AvgIpc) is 2.01. The van der Waals surface area contributed by atoms with Crippen molar-refractivity contribution in [3.8, 4) is 0 Å². The van der Waals surface area contributed by atoms with E-state index in [1.807, 2.05) is 0 Å². The normalized spacial score (nSPS) is 29.8. The van der Waals surface area contributed by atoms with Crippen molar-refractivity contribution in [1.82, 2.24) is 10.2 Å². The number of likely N-dealkylation sites (tertiary alicyclic amines) is 1. The van der Waals surface area contributed by atoms with E-state index in [0.29, 0.717) is 6.04 Å². The second-order valence-electron chi connectivity index (χ2n) is 3.61. The number of nitrogens with zero attached hydrogens (tertiary/aromatic N) is 1. The van der Waals surface area contributed by atoms with E-state index in [2.05, 4.69) is 10.2 Å². The first-order valence-corrected chi connectivity index (χ1v) is 4.49. The molecule has 2 fully saturated rings. The van der Waals surface area contributed by atoms with Crippen LogP contribution in [0, 0.1) is 0 Å². The molecule has 3 nitrogen and oxygen atoms in total. The fourth-order valence-electron chi connectivity index (χ4n) is 1.93. The first kappa shape index (κ1) is 13.5. The van der Waals surface area contributed by atoms with Crippen LogP contribution < -0.4 is 5.32 Å². The summed E-state index contributed by atoms with van der Waals surface area (Å²) >= 11 is 0. The van der Waals surface area contributed by atoms with Crippen LogP contribution in [-0.2, 0) is 0 Å². The van der Waals surface area contributed by atoms with Crippen LogP contribution in [0.1, 0.15) is 12.8 Å². The van der Waals surface area contributed by atoms with Gasteiger partial charge in [-0.3, -0.25) is 4.90 Å². The lowest BCUT2D eigenvalue weighted by Gasteiger charge is -2.43. The summed E-state index contributed by atoms with van der Waals surface area (Å²) in [5, 5.41) is 12.5. The topological polar surface area (TPSA) is 35.5 Å². The van der Waals surface area contributed by atoms with E-state index in [0.717, 1.165) is 19.6 Å². The van der Waals surface area contributed by atoms with E-state index in [1.54, 1.807) is 0 Å². The molecule has 0 spiro atoms. The van der Waals surface area contributed by atoms with E-state index < -0.39 is 0 Å². The number of hydrogen-bond acceptors (Lipinski definition) is 3. The maximum atomic E-state index is 9.09. The number of nitrogens with one attached hydrogen (secondary N) is 1. The molecule has 0 aromatic rings. The Labute approximate surface area is 91.7 Å². The lowest BCUT2D eigenvalue weighted by atomic mass is 10.0. The number of aliphatic hydroxyl groups is 1. The summed E-state index contributed by atoms with van der Waals surface area (Å²) in [6.45, 7) is 4.08. The second-order valence-corrected chi connectivity index (χ2v) is 3.61. The second kappa shape index (κ2) is 6.04. The summed E-state index contributed by atoms with van der Waals surface area (Å²) in [5.41, 5.74) is 0. The van der Waals surface area contributed by atoms with E-state index in [-0.39, 0.29) is 30.9 Å². The van der Waals surface area contributed by atoms with Crippen molar-refractivity contribution in [1.29, 1.82) is 0 Å². The molecule has 0 saturated carbocycles. The van der Waals surface area contributed by atoms with Crippen LogP contribution in [0.25, 0.3) is 0 Å². The van der Waals surface area contributed by atoms with Gasteiger partial charge >= 0.3 is 0 Å². The van der Waals surface area contributed by atoms with Crippen LogP contribution >= 0.6 is 24.8 Å². The van der Waals surface area contributed by atoms with Crippen molar-refractivity contribution >= 4 is 24.8 Å². The van der Waals surface area contributed by atoms with Crippen molar-refractivity contribution < 1.29 is 5.11 Å². The fraction of sp³-hybridized carbons (Fsp3) is 1.00. The zero-order valence-corrected chi connectivity index (χ0v) is 9.24. The summed E-state index contributed by atoms with van der Waals surface area (Å²) < 4.78 is 0. The van der Waals surface area contributed by atoms with Gasteiger partial charge in [-0.25, -0.2) is 0 Å². The van der Waals surface area contributed by atoms with Gasteiger partial charge in [0.2, 0.25) is 0 Å². The predicted molar refractivity (Wildman–Crippen MR) is 58.0 cm³/mol. The zero-order valence-electron chi connectivity index (χ0n) is 7.61. The molecular weight excluding hydrogens is 211 g/mol. The highest BCUT2D eigenvalue weighted by Crippen LogP contribution is 2.17. The molecule has 2 heterocycles. The Kier molecular flexibility index (Phi) is 6.25. The molecule has 2 N–H and O–H groups in total. The molecule has 0 aromatic carbocycles. The quantitative estimate of drug-likeness (QED) is 0.677. The van der Waals surface area contributed by atoms with E-state index in [4.69, 9.17) is 5.11 Å². The van der Waals surface area contributed by atoms with Gasteiger partial charge in [-0.2, -0.15) is 0 Å². The van der Waals surface area contributed by atoms with E-state index in [9.17, 15) is 0 Å². The van der Waals surface area contributed by atoms with Crippen LogP contribution in [-0.4, -0.2) is 48.3 Å². The molecule has 80 valence electrons. The Balaban J connectivity index is 0.000000720. The number of piperidine rings is 1. The van der Waals surface area contributed by atoms with Crippen molar-refractivity contribution in [2.75, 3.05) is 26.2 Å². The maximum absolute atomic E-state index is 9.09. The molecule has 0 aliphatic carbocycles. The van der Waals surface area contributed by atoms with Gasteiger partial charge in [0.1, 0.15) is 0 Å². The third-order valence-corrected chi connectivity index (χ3v) is 2.68. The SMILES string of the molecule is Cl.Cl.OC1CN([C@H]2CCCNC2)C1. The van der Waals surface area contributed by atoms with E-state index >= 15 is 0 Å². The van der Waals surface area contributed by atoms with Crippen LogP contribution in [0.3, 0.4) is 0 Å². The Bertz CT molecular complexity index is 136. The molecule has 1 atom stereocenters. The third-order valence-electron chi connectivity index (χ3n) is 2.68. The molecule has 5 heteroatoms. The Morgan fingerprint density at radius 1 is 1.23 bits per heavy atom. The Morgan fingerprint density at radius 3 is 2.38 bits per heavy atom. The first-order chi connectivity index (χ1) is 5.36. The molecule has 0 bridgehead atoms. The zero-order chi connectivity index (χ0) is 7.68. The van der Waals surface area contributed by atoms with Crippen molar-refractivity contribution in [3.05, 3.63) is 0 Å². The summed E-state index contributed by atoms with van der Waals surface area (Å²) in [5.74, 6) is 0. The number of β-amino-alcohol motifs (C(OH)–C–C–N with tert-alkyl or cyclic N) is 1. The van der Waals surface area contributed by atoms with Crippen LogP contribution in [0.4, 0.5) is 0 Å². The summed E-state index contributed by atoms with van der Waals surface area (Å²) in [6.07, 6.45) is 2.55. The van der Waals surface area contributed by atoms with Gasteiger partial charge in [0.05, 0.1) is 6.10 Å². The van der Waals surface area contributed by atoms with Gasteiger partial charge < -0.3 is 10.4 Å². The summed E-state index contributed by atoms with van der Waals surface area (Å²) in [6, 6.07) is 0.701. The standard InChI is InChI=1S/C8H16N2O.2ClH/c11-8-5-10(6-8)7-2-1-3-9-4-7;;/h7-9,11H,1-6H2;2*1H/t7-;;/m0../s1. The van der Waals surface area contributed by atoms with Gasteiger partial charge in [0.15, 0.2) is 0 Å². The lowest BCUT2D eigenvalue weighted by molar-refractivity contribution is -0.0297. The highest BCUT2D eigenvalue weighted by molar-refractivity contribution is 5.85. The average molecular weight is 229 g/mol. The monoisotopic (exact) mass is 228 g/mol. The number of halogens is 2. The van der Waals surface area contributed by atoms with Gasteiger partial charge in [-0.15, -0.1) is 24.8 Å². The van der Waals surface area contributed by atoms with E-state index in [1.165, 1.54) is 19.4 Å². The number of aliphatic hydroxyl groups excluding tert-OH is 1. The maximum Gasteiger partial charge on any atom is 0.0794 e. The largest absolute Gasteiger partial charge is 0.390 e. The summed E-state index contributed by atoms with van der Waals surface area (Å²) in [4.78, 5) is 2.37. The third kappa shape index (κ3) is 3.26. The minimum Gasteiger partial charge on any atom is -0.390 e. The minimum absolute atomic E-state index is 0. The molecule has 0 radical (unpaired) electrons. The highest BCUT2D eigenvalue weighted by Gasteiger charge is 2.31. The molecule has 2 aliphatic heterocycles. The molecule has 0 unspecified atom stereocenters. The fourth-order valence-corrected chi connectivity index (χ4v) is 1.93.